The third-order valence-electron chi connectivity index (χ3n) is 5.06. The van der Waals surface area contributed by atoms with Crippen LogP contribution in [0, 0.1) is 0 Å². The summed E-state index contributed by atoms with van der Waals surface area (Å²) in [5.74, 6) is 0. The Kier molecular flexibility index (Phi) is 3.34. The summed E-state index contributed by atoms with van der Waals surface area (Å²) in [5.41, 5.74) is 6.50. The van der Waals surface area contributed by atoms with Crippen LogP contribution in [0.3, 0.4) is 0 Å². The number of fused-ring (bicyclic) bond motifs is 4. The third-order valence-corrected chi connectivity index (χ3v) is 6.14. The molecule has 3 heterocycles. The van der Waals surface area contributed by atoms with Crippen molar-refractivity contribution < 1.29 is 0 Å². The molecule has 3 nitrogen and oxygen atoms in total. The van der Waals surface area contributed by atoms with E-state index >= 15 is 0 Å². The van der Waals surface area contributed by atoms with Gasteiger partial charge in [0.25, 0.3) is 0 Å². The second-order valence-corrected chi connectivity index (χ2v) is 7.85. The average Bonchev–Trinajstić information content (AvgIpc) is 3.38. The molecule has 0 bridgehead atoms. The Morgan fingerprint density at radius 3 is 2.39 bits per heavy atom. The van der Waals surface area contributed by atoms with Gasteiger partial charge >= 0.3 is 0 Å². The molecule has 0 spiro atoms. The summed E-state index contributed by atoms with van der Waals surface area (Å²) in [5, 5.41) is 7.09. The van der Waals surface area contributed by atoms with E-state index in [1.54, 1.807) is 11.3 Å². The molecular weight excluding hydrogens is 362 g/mol. The van der Waals surface area contributed by atoms with Gasteiger partial charge in [0.15, 0.2) is 0 Å². The van der Waals surface area contributed by atoms with Crippen molar-refractivity contribution in [3.63, 3.8) is 0 Å². The Hall–Kier alpha value is -3.50. The van der Waals surface area contributed by atoms with Crippen LogP contribution in [0.5, 0.6) is 0 Å². The second-order valence-electron chi connectivity index (χ2n) is 6.82. The minimum Gasteiger partial charge on any atom is -0.236 e. The molecule has 0 atom stereocenters. The summed E-state index contributed by atoms with van der Waals surface area (Å²) in [4.78, 5) is 4.75. The van der Waals surface area contributed by atoms with Gasteiger partial charge in [-0.25, -0.2) is 9.50 Å². The van der Waals surface area contributed by atoms with Gasteiger partial charge in [0.2, 0.25) is 0 Å². The predicted molar refractivity (Wildman–Crippen MR) is 117 cm³/mol. The van der Waals surface area contributed by atoms with Crippen molar-refractivity contribution >= 4 is 38.0 Å². The lowest BCUT2D eigenvalue weighted by molar-refractivity contribution is 1.01. The van der Waals surface area contributed by atoms with Gasteiger partial charge in [-0.2, -0.15) is 5.10 Å². The van der Waals surface area contributed by atoms with Crippen LogP contribution in [0.25, 0.3) is 48.5 Å². The fraction of sp³-hybridized carbons (Fsp3) is 0. The maximum absolute atomic E-state index is 4.85. The first-order valence-corrected chi connectivity index (χ1v) is 10.0. The Morgan fingerprint density at radius 2 is 1.50 bits per heavy atom. The molecule has 0 unspecified atom stereocenters. The van der Waals surface area contributed by atoms with Crippen molar-refractivity contribution in [2.75, 3.05) is 0 Å². The number of para-hydroxylation sites is 2. The van der Waals surface area contributed by atoms with Gasteiger partial charge < -0.3 is 0 Å². The summed E-state index contributed by atoms with van der Waals surface area (Å²) < 4.78 is 3.24. The SMILES string of the molecule is c1ccc2c(c1)ccc1cc(-c3ccc(-c4nc5ccccc5s4)cc3)nn12. The van der Waals surface area contributed by atoms with Crippen LogP contribution in [0.15, 0.2) is 91.0 Å². The average molecular weight is 377 g/mol. The van der Waals surface area contributed by atoms with Crippen molar-refractivity contribution in [3.8, 4) is 21.8 Å². The molecule has 0 radical (unpaired) electrons. The summed E-state index contributed by atoms with van der Waals surface area (Å²) >= 11 is 1.73. The lowest BCUT2D eigenvalue weighted by Gasteiger charge is -2.00. The molecule has 132 valence electrons. The number of rotatable bonds is 2. The van der Waals surface area contributed by atoms with Crippen molar-refractivity contribution in [3.05, 3.63) is 91.0 Å². The van der Waals surface area contributed by atoms with Gasteiger partial charge in [0, 0.05) is 16.5 Å². The molecule has 0 aliphatic carbocycles. The van der Waals surface area contributed by atoms with E-state index in [9.17, 15) is 0 Å². The molecule has 0 saturated carbocycles. The van der Waals surface area contributed by atoms with Crippen LogP contribution >= 0.6 is 11.3 Å². The first kappa shape index (κ1) is 15.5. The number of nitrogens with zero attached hydrogens (tertiary/aromatic N) is 3. The van der Waals surface area contributed by atoms with E-state index in [-0.39, 0.29) is 0 Å². The van der Waals surface area contributed by atoms with Gasteiger partial charge in [0.05, 0.1) is 26.9 Å². The van der Waals surface area contributed by atoms with Gasteiger partial charge in [-0.05, 0) is 30.3 Å². The lowest BCUT2D eigenvalue weighted by atomic mass is 10.1. The molecule has 3 aromatic heterocycles. The van der Waals surface area contributed by atoms with E-state index in [1.165, 1.54) is 10.1 Å². The highest BCUT2D eigenvalue weighted by Crippen LogP contribution is 2.31. The normalized spacial score (nSPS) is 11.6. The molecule has 6 rings (SSSR count). The Labute approximate surface area is 165 Å². The standard InChI is InChI=1S/C24H15N3S/c1-3-7-22-17(5-1)13-14-19-15-21(26-27(19)22)16-9-11-18(12-10-16)24-25-20-6-2-4-8-23(20)28-24/h1-15H. The lowest BCUT2D eigenvalue weighted by Crippen LogP contribution is -1.89. The van der Waals surface area contributed by atoms with E-state index in [0.29, 0.717) is 0 Å². The Balaban J connectivity index is 1.42. The van der Waals surface area contributed by atoms with E-state index in [4.69, 9.17) is 10.1 Å². The highest BCUT2D eigenvalue weighted by molar-refractivity contribution is 7.21. The fourth-order valence-corrected chi connectivity index (χ4v) is 4.60. The molecule has 0 amide bonds. The smallest absolute Gasteiger partial charge is 0.124 e. The number of hydrogen-bond acceptors (Lipinski definition) is 3. The molecule has 3 aromatic carbocycles. The molecule has 28 heavy (non-hydrogen) atoms. The van der Waals surface area contributed by atoms with E-state index < -0.39 is 0 Å². The van der Waals surface area contributed by atoms with Gasteiger partial charge in [0.1, 0.15) is 5.01 Å². The van der Waals surface area contributed by atoms with Crippen molar-refractivity contribution in [1.82, 2.24) is 14.6 Å². The predicted octanol–water partition coefficient (Wildman–Crippen LogP) is 6.43. The number of thiazole rings is 1. The van der Waals surface area contributed by atoms with Crippen LogP contribution in [-0.2, 0) is 0 Å². The Bertz CT molecular complexity index is 1430. The third kappa shape index (κ3) is 2.42. The van der Waals surface area contributed by atoms with Crippen LogP contribution < -0.4 is 0 Å². The zero-order valence-corrected chi connectivity index (χ0v) is 15.7. The molecular formula is C24H15N3S. The maximum atomic E-state index is 4.85. The molecule has 0 saturated heterocycles. The van der Waals surface area contributed by atoms with Crippen LogP contribution in [0.4, 0.5) is 0 Å². The quantitative estimate of drug-likeness (QED) is 0.348. The molecule has 6 aromatic rings. The van der Waals surface area contributed by atoms with Crippen molar-refractivity contribution in [2.45, 2.75) is 0 Å². The fourth-order valence-electron chi connectivity index (χ4n) is 3.62. The minimum atomic E-state index is 0.979. The van der Waals surface area contributed by atoms with E-state index in [0.717, 1.165) is 38.4 Å². The minimum absolute atomic E-state index is 0.979. The summed E-state index contributed by atoms with van der Waals surface area (Å²) in [7, 11) is 0. The zero-order chi connectivity index (χ0) is 18.5. The molecule has 0 fully saturated rings. The highest BCUT2D eigenvalue weighted by Gasteiger charge is 2.09. The first-order chi connectivity index (χ1) is 13.8. The molecule has 4 heteroatoms. The number of hydrogen-bond donors (Lipinski definition) is 0. The topological polar surface area (TPSA) is 30.2 Å². The number of aromatic nitrogens is 3. The molecule has 0 aliphatic heterocycles. The van der Waals surface area contributed by atoms with E-state index in [2.05, 4.69) is 84.9 Å². The summed E-state index contributed by atoms with van der Waals surface area (Å²) in [6.07, 6.45) is 0. The summed E-state index contributed by atoms with van der Waals surface area (Å²) in [6.45, 7) is 0. The first-order valence-electron chi connectivity index (χ1n) is 9.19. The van der Waals surface area contributed by atoms with Gasteiger partial charge in [-0.15, -0.1) is 11.3 Å². The van der Waals surface area contributed by atoms with Crippen molar-refractivity contribution in [1.29, 1.82) is 0 Å². The van der Waals surface area contributed by atoms with Crippen LogP contribution in [0.2, 0.25) is 0 Å². The van der Waals surface area contributed by atoms with Crippen LogP contribution in [-0.4, -0.2) is 14.6 Å². The monoisotopic (exact) mass is 377 g/mol. The highest BCUT2D eigenvalue weighted by atomic mass is 32.1. The Morgan fingerprint density at radius 1 is 0.714 bits per heavy atom. The van der Waals surface area contributed by atoms with Crippen molar-refractivity contribution in [2.24, 2.45) is 0 Å². The number of benzene rings is 3. The summed E-state index contributed by atoms with van der Waals surface area (Å²) in [6, 6.07) is 31.5. The van der Waals surface area contributed by atoms with Crippen LogP contribution in [0.1, 0.15) is 0 Å². The van der Waals surface area contributed by atoms with E-state index in [1.807, 2.05) is 10.6 Å². The zero-order valence-electron chi connectivity index (χ0n) is 14.9. The van der Waals surface area contributed by atoms with Gasteiger partial charge in [-0.1, -0.05) is 60.7 Å². The molecule has 0 aliphatic rings. The van der Waals surface area contributed by atoms with Gasteiger partial charge in [-0.3, -0.25) is 0 Å². The molecule has 0 N–H and O–H groups in total. The number of pyridine rings is 1. The second kappa shape index (κ2) is 6.01. The maximum Gasteiger partial charge on any atom is 0.124 e. The largest absolute Gasteiger partial charge is 0.236 e.